The fraction of sp³-hybridized carbons (Fsp3) is 0.182. The number of carbonyl (C=O) groups excluding carboxylic acids is 1. The highest BCUT2D eigenvalue weighted by molar-refractivity contribution is 8.19. The van der Waals surface area contributed by atoms with Crippen molar-refractivity contribution in [3.05, 3.63) is 81.1 Å². The molecule has 0 spiro atoms. The molecule has 3 aromatic rings. The van der Waals surface area contributed by atoms with Crippen LogP contribution in [0.3, 0.4) is 0 Å². The van der Waals surface area contributed by atoms with Crippen LogP contribution >= 0.6 is 35.1 Å². The Bertz CT molecular complexity index is 1180. The van der Waals surface area contributed by atoms with E-state index in [9.17, 15) is 14.9 Å². The van der Waals surface area contributed by atoms with E-state index in [1.165, 1.54) is 23.9 Å². The number of hydrogen-bond donors (Lipinski definition) is 1. The summed E-state index contributed by atoms with van der Waals surface area (Å²) in [6.07, 6.45) is 1.33. The second-order valence-corrected chi connectivity index (χ2v) is 9.98. The Morgan fingerprint density at radius 1 is 1.21 bits per heavy atom. The molecule has 0 bridgehead atoms. The molecule has 0 unspecified atom stereocenters. The van der Waals surface area contributed by atoms with Crippen molar-refractivity contribution in [3.8, 4) is 17.1 Å². The Balaban J connectivity index is 1.27. The Hall–Kier alpha value is -2.95. The fourth-order valence-electron chi connectivity index (χ4n) is 3.00. The molecule has 0 atom stereocenters. The first-order valence-electron chi connectivity index (χ1n) is 9.81. The van der Waals surface area contributed by atoms with Gasteiger partial charge in [0.05, 0.1) is 15.7 Å². The van der Waals surface area contributed by atoms with Crippen LogP contribution < -0.4 is 10.2 Å². The molecule has 0 radical (unpaired) electrons. The maximum Gasteiger partial charge on any atom is 0.288 e. The minimum absolute atomic E-state index is 0.0461. The second kappa shape index (κ2) is 10.8. The van der Waals surface area contributed by atoms with Crippen LogP contribution in [-0.4, -0.2) is 35.2 Å². The molecule has 1 aliphatic rings. The molecule has 4 rings (SSSR count). The third kappa shape index (κ3) is 6.10. The number of hydrazone groups is 1. The number of benzene rings is 2. The zero-order valence-corrected chi connectivity index (χ0v) is 19.5. The van der Waals surface area contributed by atoms with Gasteiger partial charge in [-0.1, -0.05) is 23.7 Å². The predicted octanol–water partition coefficient (Wildman–Crippen LogP) is 5.52. The molecule has 11 heteroatoms. The van der Waals surface area contributed by atoms with E-state index in [2.05, 4.69) is 10.5 Å². The largest absolute Gasteiger partial charge is 0.484 e. The van der Waals surface area contributed by atoms with Gasteiger partial charge in [-0.15, -0.1) is 23.5 Å². The zero-order valence-electron chi connectivity index (χ0n) is 17.1. The van der Waals surface area contributed by atoms with Gasteiger partial charge < -0.3 is 9.15 Å². The smallest absolute Gasteiger partial charge is 0.288 e. The van der Waals surface area contributed by atoms with Crippen LogP contribution in [-0.2, 0) is 4.79 Å². The highest BCUT2D eigenvalue weighted by atomic mass is 35.5. The van der Waals surface area contributed by atoms with Crippen molar-refractivity contribution in [2.75, 3.05) is 18.1 Å². The van der Waals surface area contributed by atoms with Crippen LogP contribution in [0.15, 0.2) is 64.1 Å². The lowest BCUT2D eigenvalue weighted by Gasteiger charge is -2.09. The van der Waals surface area contributed by atoms with Gasteiger partial charge in [0.15, 0.2) is 6.61 Å². The van der Waals surface area contributed by atoms with Crippen molar-refractivity contribution in [2.24, 2.45) is 5.10 Å². The molecule has 170 valence electrons. The first kappa shape index (κ1) is 23.2. The first-order valence-corrected chi connectivity index (χ1v) is 12.3. The Morgan fingerprint density at radius 3 is 2.70 bits per heavy atom. The lowest BCUT2D eigenvalue weighted by molar-refractivity contribution is -0.384. The van der Waals surface area contributed by atoms with E-state index in [-0.39, 0.29) is 17.3 Å². The van der Waals surface area contributed by atoms with Crippen molar-refractivity contribution in [2.45, 2.75) is 4.58 Å². The molecule has 0 aliphatic carbocycles. The number of nitrogens with zero attached hydrogens (tertiary/aromatic N) is 2. The molecule has 2 aromatic carbocycles. The lowest BCUT2D eigenvalue weighted by atomic mass is 10.1. The number of nitro groups is 1. The number of hydrogen-bond acceptors (Lipinski definition) is 8. The van der Waals surface area contributed by atoms with Gasteiger partial charge in [-0.2, -0.15) is 5.10 Å². The fourth-order valence-corrected chi connectivity index (χ4v) is 6.05. The number of amides is 1. The number of furan rings is 1. The van der Waals surface area contributed by atoms with Gasteiger partial charge in [0.1, 0.15) is 22.3 Å². The Morgan fingerprint density at radius 2 is 1.97 bits per heavy atom. The minimum Gasteiger partial charge on any atom is -0.484 e. The van der Waals surface area contributed by atoms with Gasteiger partial charge in [-0.25, -0.2) is 5.43 Å². The van der Waals surface area contributed by atoms with Gasteiger partial charge in [-0.05, 0) is 42.0 Å². The SMILES string of the molecule is O=C(COc1ccc(C2SCCS2)cc1)N/N=C/c1ccc(-c2ccc(Cl)c([N+](=O)[O-])c2)o1. The third-order valence-corrected chi connectivity index (χ3v) is 8.00. The van der Waals surface area contributed by atoms with Gasteiger partial charge in [0.2, 0.25) is 0 Å². The molecular formula is C22H18ClN3O5S2. The highest BCUT2D eigenvalue weighted by Crippen LogP contribution is 2.45. The minimum atomic E-state index is -0.559. The lowest BCUT2D eigenvalue weighted by Crippen LogP contribution is -2.24. The average molecular weight is 504 g/mol. The summed E-state index contributed by atoms with van der Waals surface area (Å²) in [6.45, 7) is -0.179. The van der Waals surface area contributed by atoms with E-state index < -0.39 is 10.8 Å². The molecule has 33 heavy (non-hydrogen) atoms. The van der Waals surface area contributed by atoms with Crippen LogP contribution in [0.25, 0.3) is 11.3 Å². The topological polar surface area (TPSA) is 107 Å². The summed E-state index contributed by atoms with van der Waals surface area (Å²) in [5, 5.41) is 14.9. The monoisotopic (exact) mass is 503 g/mol. The number of rotatable bonds is 8. The van der Waals surface area contributed by atoms with Gasteiger partial charge >= 0.3 is 0 Å². The van der Waals surface area contributed by atoms with E-state index in [1.54, 1.807) is 18.2 Å². The number of nitro benzene ring substituents is 1. The number of carbonyl (C=O) groups is 1. The summed E-state index contributed by atoms with van der Waals surface area (Å²) < 4.78 is 11.6. The molecular weight excluding hydrogens is 486 g/mol. The standard InChI is InChI=1S/C22H18ClN3O5S2/c23-18-7-3-15(11-19(18)26(28)29)20-8-6-17(31-20)12-24-25-21(27)13-30-16-4-1-14(2-5-16)22-32-9-10-33-22/h1-8,11-12,22H,9-10,13H2,(H,25,27)/b24-12+. The molecule has 8 nitrogen and oxygen atoms in total. The number of ether oxygens (including phenoxy) is 1. The second-order valence-electron chi connectivity index (χ2n) is 6.85. The molecule has 2 heterocycles. The number of thioether (sulfide) groups is 2. The molecule has 1 N–H and O–H groups in total. The van der Waals surface area contributed by atoms with Crippen LogP contribution in [0, 0.1) is 10.1 Å². The van der Waals surface area contributed by atoms with Crippen molar-refractivity contribution >= 4 is 52.9 Å². The van der Waals surface area contributed by atoms with Crippen molar-refractivity contribution in [1.29, 1.82) is 0 Å². The van der Waals surface area contributed by atoms with Gasteiger partial charge in [0, 0.05) is 23.1 Å². The summed E-state index contributed by atoms with van der Waals surface area (Å²) in [4.78, 5) is 22.5. The molecule has 1 fully saturated rings. The summed E-state index contributed by atoms with van der Waals surface area (Å²) in [6, 6.07) is 15.4. The van der Waals surface area contributed by atoms with Crippen LogP contribution in [0.2, 0.25) is 5.02 Å². The third-order valence-electron chi connectivity index (χ3n) is 4.58. The zero-order chi connectivity index (χ0) is 23.2. The van der Waals surface area contributed by atoms with Gasteiger partial charge in [-0.3, -0.25) is 14.9 Å². The van der Waals surface area contributed by atoms with Crippen molar-refractivity contribution in [1.82, 2.24) is 5.43 Å². The van der Waals surface area contributed by atoms with Crippen LogP contribution in [0.4, 0.5) is 5.69 Å². The quantitative estimate of drug-likeness (QED) is 0.245. The van der Waals surface area contributed by atoms with E-state index in [1.807, 2.05) is 47.8 Å². The Labute approximate surface area is 202 Å². The Kier molecular flexibility index (Phi) is 7.58. The maximum absolute atomic E-state index is 12.0. The molecule has 1 amide bonds. The highest BCUT2D eigenvalue weighted by Gasteiger charge is 2.18. The summed E-state index contributed by atoms with van der Waals surface area (Å²) in [5.74, 6) is 3.29. The van der Waals surface area contributed by atoms with Crippen molar-refractivity contribution in [3.63, 3.8) is 0 Å². The average Bonchev–Trinajstić information content (AvgIpc) is 3.51. The molecule has 1 aromatic heterocycles. The molecule has 0 saturated carbocycles. The van der Waals surface area contributed by atoms with Crippen LogP contribution in [0.5, 0.6) is 5.75 Å². The molecule has 1 aliphatic heterocycles. The number of halogens is 1. The summed E-state index contributed by atoms with van der Waals surface area (Å²) >= 11 is 9.70. The van der Waals surface area contributed by atoms with Crippen molar-refractivity contribution < 1.29 is 18.9 Å². The number of nitrogens with one attached hydrogen (secondary N) is 1. The van der Waals surface area contributed by atoms with E-state index >= 15 is 0 Å². The maximum atomic E-state index is 12.0. The first-order chi connectivity index (χ1) is 16.0. The summed E-state index contributed by atoms with van der Waals surface area (Å²) in [7, 11) is 0. The predicted molar refractivity (Wildman–Crippen MR) is 131 cm³/mol. The van der Waals surface area contributed by atoms with Crippen LogP contribution in [0.1, 0.15) is 15.9 Å². The summed E-state index contributed by atoms with van der Waals surface area (Å²) in [5.41, 5.74) is 3.91. The van der Waals surface area contributed by atoms with E-state index in [0.717, 1.165) is 11.5 Å². The molecule has 1 saturated heterocycles. The normalized spacial score (nSPS) is 14.0. The van der Waals surface area contributed by atoms with Gasteiger partial charge in [0.25, 0.3) is 11.6 Å². The van der Waals surface area contributed by atoms with E-state index in [0.29, 0.717) is 27.4 Å². The van der Waals surface area contributed by atoms with E-state index in [4.69, 9.17) is 20.8 Å².